The summed E-state index contributed by atoms with van der Waals surface area (Å²) in [4.78, 5) is 2.17. The molecular formula is C97H95N2+. The molecule has 0 saturated heterocycles. The number of anilines is 2. The Morgan fingerprint density at radius 2 is 0.535 bits per heavy atom. The summed E-state index contributed by atoms with van der Waals surface area (Å²) >= 11 is 0. The summed E-state index contributed by atoms with van der Waals surface area (Å²) in [7, 11) is 4.09. The third kappa shape index (κ3) is 27.4. The molecule has 0 radical (unpaired) electrons. The van der Waals surface area contributed by atoms with Crippen LogP contribution < -0.4 is 9.47 Å². The van der Waals surface area contributed by atoms with Crippen LogP contribution in [0.1, 0.15) is 58.4 Å². The van der Waals surface area contributed by atoms with Gasteiger partial charge in [-0.2, -0.15) is 0 Å². The number of benzene rings is 13. The molecular weight excluding hydrogens is 1190 g/mol. The van der Waals surface area contributed by atoms with Crippen molar-refractivity contribution < 1.29 is 4.57 Å². The van der Waals surface area contributed by atoms with Gasteiger partial charge in [0.05, 0.1) is 0 Å². The zero-order valence-corrected chi connectivity index (χ0v) is 58.9. The molecule has 0 atom stereocenters. The summed E-state index contributed by atoms with van der Waals surface area (Å²) in [6, 6.07) is 132. The van der Waals surface area contributed by atoms with Gasteiger partial charge < -0.3 is 4.90 Å². The van der Waals surface area contributed by atoms with E-state index in [1.807, 2.05) is 122 Å². The van der Waals surface area contributed by atoms with Gasteiger partial charge in [-0.1, -0.05) is 393 Å². The maximum Gasteiger partial charge on any atom is 0.168 e. The third-order valence-electron chi connectivity index (χ3n) is 15.8. The van der Waals surface area contributed by atoms with Gasteiger partial charge in [0.15, 0.2) is 12.4 Å². The molecule has 0 unspecified atom stereocenters. The number of hydrogen-bond donors (Lipinski definition) is 0. The van der Waals surface area contributed by atoms with E-state index in [1.165, 1.54) is 100 Å². The molecule has 0 aliphatic carbocycles. The second kappa shape index (κ2) is 43.2. The van der Waals surface area contributed by atoms with Gasteiger partial charge in [-0.3, -0.25) is 0 Å². The van der Waals surface area contributed by atoms with Crippen molar-refractivity contribution in [2.75, 3.05) is 11.9 Å². The molecule has 99 heavy (non-hydrogen) atoms. The van der Waals surface area contributed by atoms with Crippen molar-refractivity contribution in [2.45, 2.75) is 41.5 Å². The van der Waals surface area contributed by atoms with Crippen LogP contribution in [0.25, 0.3) is 62.2 Å². The molecule has 1 aromatic heterocycles. The van der Waals surface area contributed by atoms with Crippen LogP contribution in [0.4, 0.5) is 11.4 Å². The van der Waals surface area contributed by atoms with E-state index < -0.39 is 0 Å². The molecule has 0 aliphatic rings. The SMILES string of the molecule is C/C=C/c1ccccc1.C=Cc1ccc(-c2ccccc2)cc1.CC=C(c1ccccc1)c1ccccc1.CN(c1ccccc1)c1ccccc1.Cc1cc[n+](C)cc1.Cc1ccc(-c2ccc(-c3ccccc3)cc2)cc1.Cc1ccc(-c2ccccc2)cc1.Cc1ccccc1. The predicted octanol–water partition coefficient (Wildman–Crippen LogP) is 26.1. The second-order valence-corrected chi connectivity index (χ2v) is 23.5. The maximum absolute atomic E-state index is 3.73. The van der Waals surface area contributed by atoms with Crippen molar-refractivity contribution in [3.05, 3.63) is 458 Å². The minimum Gasteiger partial charge on any atom is -0.345 e. The second-order valence-electron chi connectivity index (χ2n) is 23.5. The van der Waals surface area contributed by atoms with Gasteiger partial charge in [0, 0.05) is 30.6 Å². The van der Waals surface area contributed by atoms with Crippen molar-refractivity contribution in [2.24, 2.45) is 7.05 Å². The Labute approximate surface area is 592 Å². The van der Waals surface area contributed by atoms with Gasteiger partial charge in [0.1, 0.15) is 7.05 Å². The topological polar surface area (TPSA) is 7.12 Å². The molecule has 2 heteroatoms. The number of allylic oxidation sites excluding steroid dienone is 2. The van der Waals surface area contributed by atoms with Crippen molar-refractivity contribution in [1.82, 2.24) is 0 Å². The van der Waals surface area contributed by atoms with E-state index in [4.69, 9.17) is 0 Å². The van der Waals surface area contributed by atoms with Crippen LogP contribution in [0.3, 0.4) is 0 Å². The minimum atomic E-state index is 1.16. The fourth-order valence-corrected chi connectivity index (χ4v) is 10.1. The number of aryl methyl sites for hydroxylation is 5. The van der Waals surface area contributed by atoms with Crippen molar-refractivity contribution in [1.29, 1.82) is 0 Å². The first-order valence-corrected chi connectivity index (χ1v) is 33.8. The minimum absolute atomic E-state index is 1.16. The molecule has 14 aromatic rings. The highest BCUT2D eigenvalue weighted by atomic mass is 15.1. The van der Waals surface area contributed by atoms with Gasteiger partial charge in [0.25, 0.3) is 0 Å². The lowest BCUT2D eigenvalue weighted by Gasteiger charge is -2.18. The van der Waals surface area contributed by atoms with Crippen LogP contribution in [0, 0.1) is 27.7 Å². The van der Waals surface area contributed by atoms with Gasteiger partial charge in [0.2, 0.25) is 0 Å². The Bertz CT molecular complexity index is 4350. The molecule has 0 saturated carbocycles. The number of hydrogen-bond acceptors (Lipinski definition) is 1. The first kappa shape index (κ1) is 74.4. The highest BCUT2D eigenvalue weighted by Gasteiger charge is 2.04. The van der Waals surface area contributed by atoms with Crippen LogP contribution in [0.5, 0.6) is 0 Å². The van der Waals surface area contributed by atoms with Gasteiger partial charge in [-0.05, 0) is 144 Å². The first-order valence-electron chi connectivity index (χ1n) is 33.8. The van der Waals surface area contributed by atoms with Gasteiger partial charge in [-0.15, -0.1) is 0 Å². The standard InChI is InChI=1S/C19H16.C15H14.C14H12.C13H13N.C13H12.C9H10.C7H10N.C7H8/c1-15-7-9-17(10-8-15)19-13-11-18(12-14-19)16-5-3-2-4-6-16;1-2-15(13-9-5-3-6-10-13)14-11-7-4-8-12-14;1-2-12-8-10-14(11-9-12)13-6-4-3-5-7-13;1-14(12-8-4-2-5-9-12)13-10-6-3-7-11-13;1-11-7-9-13(10-8-11)12-5-3-2-4-6-12;1-2-6-9-7-4-3-5-8-9;1-7-3-5-8(2)6-4-7;1-7-5-3-2-4-6-7/h2-14H,1H3;2-12H,1H3;2-11H,1H2;2-11H,1H3;2-10H,1H3;2-8H,1H3;3-6H,1-2H3;2-6H,1H3/q;;;;;;+1;/b;;;;;6-2+;;. The van der Waals surface area contributed by atoms with Crippen LogP contribution in [-0.4, -0.2) is 7.05 Å². The lowest BCUT2D eigenvalue weighted by Crippen LogP contribution is -2.25. The first-order chi connectivity index (χ1) is 48.5. The Balaban J connectivity index is 0.000000162. The zero-order chi connectivity index (χ0) is 69.9. The number of nitrogens with zero attached hydrogens (tertiary/aromatic N) is 2. The summed E-state index contributed by atoms with van der Waals surface area (Å²) in [5, 5.41) is 0. The van der Waals surface area contributed by atoms with E-state index in [0.29, 0.717) is 0 Å². The lowest BCUT2D eigenvalue weighted by atomic mass is 9.98. The molecule has 0 N–H and O–H groups in total. The predicted molar refractivity (Wildman–Crippen MR) is 432 cm³/mol. The molecule has 0 fully saturated rings. The average molecular weight is 1290 g/mol. The summed E-state index contributed by atoms with van der Waals surface area (Å²) in [6.07, 6.45) is 12.2. The van der Waals surface area contributed by atoms with E-state index in [-0.39, 0.29) is 0 Å². The van der Waals surface area contributed by atoms with Crippen molar-refractivity contribution >= 4 is 29.1 Å². The van der Waals surface area contributed by atoms with E-state index in [1.54, 1.807) is 0 Å². The Morgan fingerprint density at radius 3 is 0.818 bits per heavy atom. The van der Waals surface area contributed by atoms with E-state index >= 15 is 0 Å². The molecule has 0 spiro atoms. The largest absolute Gasteiger partial charge is 0.345 e. The fraction of sp³-hybridized carbons (Fsp3) is 0.0825. The lowest BCUT2D eigenvalue weighted by molar-refractivity contribution is -0.671. The summed E-state index contributed by atoms with van der Waals surface area (Å²) in [5.74, 6) is 0. The summed E-state index contributed by atoms with van der Waals surface area (Å²) in [5.41, 5.74) is 24.0. The quantitative estimate of drug-likeness (QED) is 0.124. The Kier molecular flexibility index (Phi) is 32.5. The summed E-state index contributed by atoms with van der Waals surface area (Å²) < 4.78 is 2.02. The fourth-order valence-electron chi connectivity index (χ4n) is 10.1. The Hall–Kier alpha value is -12.0. The molecule has 0 aliphatic heterocycles. The van der Waals surface area contributed by atoms with E-state index in [9.17, 15) is 0 Å². The van der Waals surface area contributed by atoms with Gasteiger partial charge in [-0.25, -0.2) is 4.57 Å². The molecule has 13 aromatic carbocycles. The zero-order valence-electron chi connectivity index (χ0n) is 58.9. The molecule has 492 valence electrons. The van der Waals surface area contributed by atoms with Crippen LogP contribution in [0.15, 0.2) is 413 Å². The average Bonchev–Trinajstić information content (AvgIpc) is 0.933. The summed E-state index contributed by atoms with van der Waals surface area (Å²) in [6.45, 7) is 16.2. The molecule has 0 amide bonds. The van der Waals surface area contributed by atoms with E-state index in [2.05, 4.69) is 369 Å². The third-order valence-corrected chi connectivity index (χ3v) is 15.8. The Morgan fingerprint density at radius 1 is 0.283 bits per heavy atom. The van der Waals surface area contributed by atoms with Crippen LogP contribution in [-0.2, 0) is 7.05 Å². The highest BCUT2D eigenvalue weighted by molar-refractivity contribution is 5.79. The number of aromatic nitrogens is 1. The number of pyridine rings is 1. The molecule has 0 bridgehead atoms. The smallest absolute Gasteiger partial charge is 0.168 e. The van der Waals surface area contributed by atoms with Crippen LogP contribution in [0.2, 0.25) is 0 Å². The van der Waals surface area contributed by atoms with Gasteiger partial charge >= 0.3 is 0 Å². The molecule has 1 heterocycles. The monoisotopic (exact) mass is 1290 g/mol. The maximum atomic E-state index is 3.73. The molecule has 14 rings (SSSR count). The number of rotatable bonds is 10. The normalized spacial score (nSPS) is 9.82. The van der Waals surface area contributed by atoms with Crippen LogP contribution >= 0.6 is 0 Å². The highest BCUT2D eigenvalue weighted by Crippen LogP contribution is 2.27. The van der Waals surface area contributed by atoms with Crippen molar-refractivity contribution in [3.63, 3.8) is 0 Å². The number of para-hydroxylation sites is 2. The van der Waals surface area contributed by atoms with Crippen molar-refractivity contribution in [3.8, 4) is 44.5 Å². The van der Waals surface area contributed by atoms with E-state index in [0.717, 1.165) is 5.56 Å². The molecule has 2 nitrogen and oxygen atoms in total.